The Kier molecular flexibility index (Phi) is 5.16. The number of urea groups is 1. The van der Waals surface area contributed by atoms with Crippen molar-refractivity contribution < 1.29 is 14.3 Å². The molecule has 0 heterocycles. The van der Waals surface area contributed by atoms with Crippen LogP contribution in [-0.4, -0.2) is 36.5 Å². The molecule has 2 rings (SSSR count). The number of methoxy groups -OCH3 is 1. The van der Waals surface area contributed by atoms with Crippen molar-refractivity contribution in [2.24, 2.45) is 5.73 Å². The second kappa shape index (κ2) is 7.08. The van der Waals surface area contributed by atoms with Crippen molar-refractivity contribution in [1.82, 2.24) is 10.2 Å². The van der Waals surface area contributed by atoms with Gasteiger partial charge in [-0.3, -0.25) is 15.0 Å². The van der Waals surface area contributed by atoms with E-state index in [1.807, 2.05) is 24.3 Å². The topological polar surface area (TPSA) is 84.7 Å². The summed E-state index contributed by atoms with van der Waals surface area (Å²) in [6, 6.07) is 7.65. The van der Waals surface area contributed by atoms with Gasteiger partial charge in [-0.15, -0.1) is 0 Å². The zero-order valence-corrected chi connectivity index (χ0v) is 12.2. The van der Waals surface area contributed by atoms with Crippen molar-refractivity contribution in [2.45, 2.75) is 31.8 Å². The van der Waals surface area contributed by atoms with Crippen LogP contribution in [0, 0.1) is 0 Å². The SMILES string of the molecule is COc1ccc(CN(CCC(=O)NC(N)=O)C2CC2)cc1. The van der Waals surface area contributed by atoms with E-state index in [9.17, 15) is 9.59 Å². The number of amides is 3. The summed E-state index contributed by atoms with van der Waals surface area (Å²) < 4.78 is 5.14. The highest BCUT2D eigenvalue weighted by Crippen LogP contribution is 2.28. The molecule has 3 N–H and O–H groups in total. The molecule has 1 saturated carbocycles. The standard InChI is InChI=1S/C15H21N3O3/c1-21-13-6-2-11(3-7-13)10-18(12-4-5-12)9-8-14(19)17-15(16)20/h2-3,6-7,12H,4-5,8-10H2,1H3,(H3,16,17,19,20). The summed E-state index contributed by atoms with van der Waals surface area (Å²) in [5.74, 6) is 0.500. The van der Waals surface area contributed by atoms with Crippen LogP contribution in [0.5, 0.6) is 5.75 Å². The van der Waals surface area contributed by atoms with Crippen LogP contribution < -0.4 is 15.8 Å². The average Bonchev–Trinajstić information content (AvgIpc) is 3.28. The molecule has 6 heteroatoms. The van der Waals surface area contributed by atoms with Crippen molar-refractivity contribution in [3.63, 3.8) is 0 Å². The summed E-state index contributed by atoms with van der Waals surface area (Å²) in [5.41, 5.74) is 6.11. The lowest BCUT2D eigenvalue weighted by Crippen LogP contribution is -2.37. The predicted octanol–water partition coefficient (Wildman–Crippen LogP) is 1.24. The number of hydrogen-bond acceptors (Lipinski definition) is 4. The Morgan fingerprint density at radius 1 is 1.33 bits per heavy atom. The van der Waals surface area contributed by atoms with E-state index in [0.29, 0.717) is 12.6 Å². The molecule has 1 aromatic rings. The molecular weight excluding hydrogens is 270 g/mol. The molecule has 0 radical (unpaired) electrons. The third-order valence-electron chi connectivity index (χ3n) is 3.50. The summed E-state index contributed by atoms with van der Waals surface area (Å²) in [6.45, 7) is 1.41. The Labute approximate surface area is 124 Å². The molecule has 3 amide bonds. The Morgan fingerprint density at radius 2 is 2.00 bits per heavy atom. The number of nitrogens with one attached hydrogen (secondary N) is 1. The highest BCUT2D eigenvalue weighted by Gasteiger charge is 2.29. The van der Waals surface area contributed by atoms with Crippen LogP contribution in [0.15, 0.2) is 24.3 Å². The molecule has 114 valence electrons. The summed E-state index contributed by atoms with van der Waals surface area (Å²) >= 11 is 0. The second-order valence-electron chi connectivity index (χ2n) is 5.21. The molecule has 1 aliphatic rings. The van der Waals surface area contributed by atoms with Gasteiger partial charge in [0, 0.05) is 25.6 Å². The van der Waals surface area contributed by atoms with E-state index < -0.39 is 6.03 Å². The lowest BCUT2D eigenvalue weighted by Gasteiger charge is -2.21. The number of nitrogens with two attached hydrogens (primary N) is 1. The minimum absolute atomic E-state index is 0.273. The second-order valence-corrected chi connectivity index (χ2v) is 5.21. The first-order valence-corrected chi connectivity index (χ1v) is 7.04. The Bertz CT molecular complexity index is 497. The molecule has 0 aromatic heterocycles. The summed E-state index contributed by atoms with van der Waals surface area (Å²) in [7, 11) is 1.64. The molecule has 0 spiro atoms. The van der Waals surface area contributed by atoms with Crippen LogP contribution in [0.4, 0.5) is 4.79 Å². The highest BCUT2D eigenvalue weighted by atomic mass is 16.5. The highest BCUT2D eigenvalue weighted by molar-refractivity contribution is 5.93. The van der Waals surface area contributed by atoms with Gasteiger partial charge in [-0.05, 0) is 30.5 Å². The summed E-state index contributed by atoms with van der Waals surface area (Å²) in [4.78, 5) is 24.4. The van der Waals surface area contributed by atoms with Crippen LogP contribution in [0.3, 0.4) is 0 Å². The van der Waals surface area contributed by atoms with Gasteiger partial charge in [0.05, 0.1) is 7.11 Å². The number of carbonyl (C=O) groups excluding carboxylic acids is 2. The monoisotopic (exact) mass is 291 g/mol. The number of carbonyl (C=O) groups is 2. The lowest BCUT2D eigenvalue weighted by atomic mass is 10.2. The van der Waals surface area contributed by atoms with Gasteiger partial charge in [0.25, 0.3) is 0 Å². The molecule has 0 saturated heterocycles. The minimum atomic E-state index is -0.798. The van der Waals surface area contributed by atoms with Gasteiger partial charge >= 0.3 is 6.03 Å². The first-order chi connectivity index (χ1) is 10.1. The number of hydrogen-bond donors (Lipinski definition) is 2. The Morgan fingerprint density at radius 3 is 2.52 bits per heavy atom. The van der Waals surface area contributed by atoms with Gasteiger partial charge in [0.15, 0.2) is 0 Å². The smallest absolute Gasteiger partial charge is 0.318 e. The zero-order chi connectivity index (χ0) is 15.2. The largest absolute Gasteiger partial charge is 0.497 e. The van der Waals surface area contributed by atoms with Crippen molar-refractivity contribution in [1.29, 1.82) is 0 Å². The predicted molar refractivity (Wildman–Crippen MR) is 78.8 cm³/mol. The van der Waals surface area contributed by atoms with Crippen molar-refractivity contribution in [2.75, 3.05) is 13.7 Å². The Hall–Kier alpha value is -2.08. The van der Waals surface area contributed by atoms with Gasteiger partial charge in [-0.1, -0.05) is 12.1 Å². The molecule has 0 bridgehead atoms. The van der Waals surface area contributed by atoms with Crippen molar-refractivity contribution >= 4 is 11.9 Å². The van der Waals surface area contributed by atoms with E-state index in [4.69, 9.17) is 10.5 Å². The van der Waals surface area contributed by atoms with Gasteiger partial charge in [-0.2, -0.15) is 0 Å². The van der Waals surface area contributed by atoms with E-state index in [1.54, 1.807) is 7.11 Å². The molecule has 21 heavy (non-hydrogen) atoms. The van der Waals surface area contributed by atoms with Gasteiger partial charge in [0.2, 0.25) is 5.91 Å². The van der Waals surface area contributed by atoms with Crippen LogP contribution >= 0.6 is 0 Å². The quantitative estimate of drug-likeness (QED) is 0.791. The van der Waals surface area contributed by atoms with Gasteiger partial charge < -0.3 is 10.5 Å². The number of primary amides is 1. The number of rotatable bonds is 7. The maximum absolute atomic E-state index is 11.5. The first kappa shape index (κ1) is 15.3. The van der Waals surface area contributed by atoms with Crippen molar-refractivity contribution in [3.05, 3.63) is 29.8 Å². The fourth-order valence-electron chi connectivity index (χ4n) is 2.24. The Balaban J connectivity index is 1.86. The van der Waals surface area contributed by atoms with E-state index in [-0.39, 0.29) is 12.3 Å². The molecular formula is C15H21N3O3. The molecule has 1 aromatic carbocycles. The number of ether oxygens (including phenoxy) is 1. The van der Waals surface area contributed by atoms with Crippen LogP contribution in [-0.2, 0) is 11.3 Å². The minimum Gasteiger partial charge on any atom is -0.497 e. The third kappa shape index (κ3) is 5.07. The lowest BCUT2D eigenvalue weighted by molar-refractivity contribution is -0.120. The molecule has 6 nitrogen and oxygen atoms in total. The van der Waals surface area contributed by atoms with Crippen molar-refractivity contribution in [3.8, 4) is 5.75 Å². The molecule has 1 fully saturated rings. The maximum atomic E-state index is 11.5. The zero-order valence-electron chi connectivity index (χ0n) is 12.2. The van der Waals surface area contributed by atoms with E-state index in [1.165, 1.54) is 5.56 Å². The van der Waals surface area contributed by atoms with Crippen LogP contribution in [0.2, 0.25) is 0 Å². The molecule has 0 unspecified atom stereocenters. The first-order valence-electron chi connectivity index (χ1n) is 7.04. The number of nitrogens with zero attached hydrogens (tertiary/aromatic N) is 1. The fourth-order valence-corrected chi connectivity index (χ4v) is 2.24. The summed E-state index contributed by atoms with van der Waals surface area (Å²) in [5, 5.41) is 2.09. The fraction of sp³-hybridized carbons (Fsp3) is 0.467. The summed E-state index contributed by atoms with van der Waals surface area (Å²) in [6.07, 6.45) is 2.59. The average molecular weight is 291 g/mol. The molecule has 0 aliphatic heterocycles. The number of imide groups is 1. The van der Waals surface area contributed by atoms with Crippen LogP contribution in [0.25, 0.3) is 0 Å². The van der Waals surface area contributed by atoms with E-state index in [0.717, 1.165) is 25.1 Å². The van der Waals surface area contributed by atoms with Gasteiger partial charge in [-0.25, -0.2) is 4.79 Å². The number of benzene rings is 1. The van der Waals surface area contributed by atoms with Gasteiger partial charge in [0.1, 0.15) is 5.75 Å². The van der Waals surface area contributed by atoms with E-state index in [2.05, 4.69) is 10.2 Å². The molecule has 0 atom stereocenters. The third-order valence-corrected chi connectivity index (χ3v) is 3.50. The maximum Gasteiger partial charge on any atom is 0.318 e. The normalized spacial score (nSPS) is 14.0. The molecule has 1 aliphatic carbocycles. The van der Waals surface area contributed by atoms with Crippen LogP contribution in [0.1, 0.15) is 24.8 Å². The van der Waals surface area contributed by atoms with E-state index >= 15 is 0 Å².